The first-order valence-corrected chi connectivity index (χ1v) is 5.30. The zero-order valence-corrected chi connectivity index (χ0v) is 9.53. The Morgan fingerprint density at radius 1 is 1.29 bits per heavy atom. The first kappa shape index (κ1) is 11.8. The number of anilines is 1. The molecular formula is C12H10ClFN2O. The molecule has 2 aromatic rings. The summed E-state index contributed by atoms with van der Waals surface area (Å²) >= 11 is 5.64. The third kappa shape index (κ3) is 2.38. The van der Waals surface area contributed by atoms with E-state index in [9.17, 15) is 9.50 Å². The second-order valence-electron chi connectivity index (χ2n) is 3.57. The summed E-state index contributed by atoms with van der Waals surface area (Å²) in [4.78, 5) is 3.85. The number of aromatic nitrogens is 1. The number of nitrogens with two attached hydrogens (primary N) is 1. The normalized spacial score (nSPS) is 12.4. The van der Waals surface area contributed by atoms with Crippen LogP contribution in [0, 0.1) is 5.82 Å². The zero-order chi connectivity index (χ0) is 12.4. The lowest BCUT2D eigenvalue weighted by molar-refractivity contribution is 0.215. The van der Waals surface area contributed by atoms with Crippen molar-refractivity contribution < 1.29 is 9.50 Å². The average Bonchev–Trinajstić information content (AvgIpc) is 2.29. The number of rotatable bonds is 2. The van der Waals surface area contributed by atoms with Gasteiger partial charge in [0.1, 0.15) is 11.9 Å². The number of aliphatic hydroxyl groups excluding tert-OH is 1. The van der Waals surface area contributed by atoms with Gasteiger partial charge in [-0.3, -0.25) is 4.98 Å². The summed E-state index contributed by atoms with van der Waals surface area (Å²) in [5.74, 6) is -0.576. The number of benzene rings is 1. The van der Waals surface area contributed by atoms with Crippen LogP contribution in [-0.2, 0) is 0 Å². The summed E-state index contributed by atoms with van der Waals surface area (Å²) in [6, 6.07) is 5.63. The molecule has 3 nitrogen and oxygen atoms in total. The predicted octanol–water partition coefficient (Wildman–Crippen LogP) is 2.54. The van der Waals surface area contributed by atoms with Crippen molar-refractivity contribution >= 4 is 17.3 Å². The van der Waals surface area contributed by atoms with Crippen molar-refractivity contribution in [3.05, 3.63) is 58.6 Å². The third-order valence-corrected chi connectivity index (χ3v) is 2.67. The van der Waals surface area contributed by atoms with Gasteiger partial charge in [-0.1, -0.05) is 17.7 Å². The molecule has 5 heteroatoms. The summed E-state index contributed by atoms with van der Waals surface area (Å²) in [5, 5.41) is 10.3. The molecule has 0 amide bonds. The van der Waals surface area contributed by atoms with Crippen LogP contribution >= 0.6 is 11.6 Å². The van der Waals surface area contributed by atoms with E-state index in [0.717, 1.165) is 6.07 Å². The first-order chi connectivity index (χ1) is 8.09. The lowest BCUT2D eigenvalue weighted by atomic mass is 10.0. The Balaban J connectivity index is 2.44. The second-order valence-corrected chi connectivity index (χ2v) is 4.01. The molecule has 1 heterocycles. The van der Waals surface area contributed by atoms with Crippen LogP contribution in [0.4, 0.5) is 10.1 Å². The summed E-state index contributed by atoms with van der Waals surface area (Å²) in [6.07, 6.45) is 1.76. The number of halogens is 2. The number of hydrogen-bond donors (Lipinski definition) is 2. The highest BCUT2D eigenvalue weighted by atomic mass is 35.5. The van der Waals surface area contributed by atoms with Crippen molar-refractivity contribution in [2.24, 2.45) is 0 Å². The van der Waals surface area contributed by atoms with Crippen molar-refractivity contribution in [2.45, 2.75) is 6.10 Å². The van der Waals surface area contributed by atoms with E-state index in [-0.39, 0.29) is 10.6 Å². The van der Waals surface area contributed by atoms with Crippen molar-refractivity contribution in [3.63, 3.8) is 0 Å². The van der Waals surface area contributed by atoms with Gasteiger partial charge in [-0.15, -0.1) is 0 Å². The minimum Gasteiger partial charge on any atom is -0.398 e. The highest BCUT2D eigenvalue weighted by Crippen LogP contribution is 2.28. The summed E-state index contributed by atoms with van der Waals surface area (Å²) in [5.41, 5.74) is 6.54. The van der Waals surface area contributed by atoms with Crippen LogP contribution in [0.1, 0.15) is 17.2 Å². The van der Waals surface area contributed by atoms with Gasteiger partial charge < -0.3 is 10.8 Å². The molecule has 88 valence electrons. The molecule has 1 unspecified atom stereocenters. The Labute approximate surface area is 103 Å². The number of aliphatic hydroxyl groups is 1. The maximum Gasteiger partial charge on any atom is 0.130 e. The summed E-state index contributed by atoms with van der Waals surface area (Å²) < 4.78 is 13.6. The minimum absolute atomic E-state index is 0.120. The van der Waals surface area contributed by atoms with Gasteiger partial charge >= 0.3 is 0 Å². The summed E-state index contributed by atoms with van der Waals surface area (Å²) in [6.45, 7) is 0. The van der Waals surface area contributed by atoms with Gasteiger partial charge in [0, 0.05) is 34.2 Å². The quantitative estimate of drug-likeness (QED) is 0.864. The van der Waals surface area contributed by atoms with Gasteiger partial charge in [0.05, 0.1) is 0 Å². The fraction of sp³-hybridized carbons (Fsp3) is 0.0833. The Morgan fingerprint density at radius 2 is 2.06 bits per heavy atom. The molecule has 0 saturated carbocycles. The van der Waals surface area contributed by atoms with Crippen molar-refractivity contribution in [2.75, 3.05) is 5.73 Å². The highest BCUT2D eigenvalue weighted by Gasteiger charge is 2.17. The van der Waals surface area contributed by atoms with E-state index in [2.05, 4.69) is 4.98 Å². The van der Waals surface area contributed by atoms with Gasteiger partial charge in [0.2, 0.25) is 0 Å². The van der Waals surface area contributed by atoms with Gasteiger partial charge in [0.25, 0.3) is 0 Å². The summed E-state index contributed by atoms with van der Waals surface area (Å²) in [7, 11) is 0. The van der Waals surface area contributed by atoms with Gasteiger partial charge in [-0.05, 0) is 18.2 Å². The van der Waals surface area contributed by atoms with Crippen molar-refractivity contribution in [1.82, 2.24) is 4.98 Å². The van der Waals surface area contributed by atoms with E-state index < -0.39 is 11.9 Å². The fourth-order valence-electron chi connectivity index (χ4n) is 1.54. The van der Waals surface area contributed by atoms with E-state index in [1.165, 1.54) is 24.5 Å². The maximum atomic E-state index is 13.6. The molecule has 0 aliphatic carbocycles. The number of nitrogen functional groups attached to an aromatic ring is 1. The molecule has 2 rings (SSSR count). The van der Waals surface area contributed by atoms with E-state index in [1.54, 1.807) is 6.07 Å². The molecule has 0 aliphatic heterocycles. The molecule has 0 spiro atoms. The van der Waals surface area contributed by atoms with Gasteiger partial charge in [-0.2, -0.15) is 0 Å². The molecule has 0 fully saturated rings. The molecule has 0 aliphatic rings. The lowest BCUT2D eigenvalue weighted by Gasteiger charge is -2.14. The molecule has 0 saturated heterocycles. The van der Waals surface area contributed by atoms with Crippen LogP contribution in [0.2, 0.25) is 5.02 Å². The van der Waals surface area contributed by atoms with E-state index in [0.29, 0.717) is 11.3 Å². The Kier molecular flexibility index (Phi) is 3.26. The van der Waals surface area contributed by atoms with Crippen LogP contribution in [0.5, 0.6) is 0 Å². The maximum absolute atomic E-state index is 13.6. The Hall–Kier alpha value is -1.65. The Morgan fingerprint density at radius 3 is 2.71 bits per heavy atom. The molecule has 3 N–H and O–H groups in total. The predicted molar refractivity (Wildman–Crippen MR) is 64.1 cm³/mol. The molecule has 1 aromatic heterocycles. The van der Waals surface area contributed by atoms with E-state index >= 15 is 0 Å². The monoisotopic (exact) mass is 252 g/mol. The van der Waals surface area contributed by atoms with Crippen LogP contribution in [-0.4, -0.2) is 10.1 Å². The highest BCUT2D eigenvalue weighted by molar-refractivity contribution is 6.30. The number of pyridine rings is 1. The topological polar surface area (TPSA) is 59.1 Å². The molecule has 17 heavy (non-hydrogen) atoms. The number of nitrogens with zero attached hydrogens (tertiary/aromatic N) is 1. The SMILES string of the molecule is Nc1ccncc1C(O)c1ccc(Cl)cc1F. The first-order valence-electron chi connectivity index (χ1n) is 4.92. The average molecular weight is 253 g/mol. The van der Waals surface area contributed by atoms with Crippen LogP contribution < -0.4 is 5.73 Å². The van der Waals surface area contributed by atoms with Crippen molar-refractivity contribution in [3.8, 4) is 0 Å². The zero-order valence-electron chi connectivity index (χ0n) is 8.77. The molecule has 0 bridgehead atoms. The molecule has 0 radical (unpaired) electrons. The minimum atomic E-state index is -1.15. The second kappa shape index (κ2) is 4.69. The fourth-order valence-corrected chi connectivity index (χ4v) is 1.70. The van der Waals surface area contributed by atoms with Crippen LogP contribution in [0.15, 0.2) is 36.7 Å². The van der Waals surface area contributed by atoms with Gasteiger partial charge in [0.15, 0.2) is 0 Å². The smallest absolute Gasteiger partial charge is 0.130 e. The van der Waals surface area contributed by atoms with Crippen molar-refractivity contribution in [1.29, 1.82) is 0 Å². The molecular weight excluding hydrogens is 243 g/mol. The third-order valence-electron chi connectivity index (χ3n) is 2.44. The van der Waals surface area contributed by atoms with Crippen LogP contribution in [0.3, 0.4) is 0 Å². The molecule has 1 atom stereocenters. The Bertz CT molecular complexity index is 548. The molecule has 1 aromatic carbocycles. The number of hydrogen-bond acceptors (Lipinski definition) is 3. The van der Waals surface area contributed by atoms with E-state index in [1.807, 2.05) is 0 Å². The van der Waals surface area contributed by atoms with Gasteiger partial charge in [-0.25, -0.2) is 4.39 Å². The van der Waals surface area contributed by atoms with Crippen LogP contribution in [0.25, 0.3) is 0 Å². The largest absolute Gasteiger partial charge is 0.398 e. The lowest BCUT2D eigenvalue weighted by Crippen LogP contribution is -2.06. The standard InChI is InChI=1S/C12H10ClFN2O/c13-7-1-2-8(10(14)5-7)12(17)9-6-16-4-3-11(9)15/h1-6,12,17H,(H2,15,16). The van der Waals surface area contributed by atoms with E-state index in [4.69, 9.17) is 17.3 Å².